The van der Waals surface area contributed by atoms with Gasteiger partial charge in [0.05, 0.1) is 0 Å². The molecular formula is C16H24N2O. The predicted molar refractivity (Wildman–Crippen MR) is 78.6 cm³/mol. The molecule has 3 heteroatoms. The molecule has 0 saturated carbocycles. The Hall–Kier alpha value is -1.19. The van der Waals surface area contributed by atoms with Gasteiger partial charge in [-0.1, -0.05) is 43.7 Å². The zero-order chi connectivity index (χ0) is 13.9. The van der Waals surface area contributed by atoms with Gasteiger partial charge in [0.1, 0.15) is 0 Å². The first-order chi connectivity index (χ1) is 8.99. The van der Waals surface area contributed by atoms with Gasteiger partial charge in [0.25, 0.3) is 0 Å². The maximum atomic E-state index is 12.6. The maximum Gasteiger partial charge on any atom is 0.169 e. The molecule has 0 atom stereocenters. The van der Waals surface area contributed by atoms with E-state index in [2.05, 4.69) is 24.1 Å². The van der Waals surface area contributed by atoms with Gasteiger partial charge in [-0.2, -0.15) is 0 Å². The number of ketones is 1. The highest BCUT2D eigenvalue weighted by Gasteiger charge is 2.31. The second kappa shape index (κ2) is 5.85. The summed E-state index contributed by atoms with van der Waals surface area (Å²) >= 11 is 0. The number of carbonyl (C=O) groups excluding carboxylic acids is 1. The Morgan fingerprint density at radius 1 is 1.21 bits per heavy atom. The van der Waals surface area contributed by atoms with Gasteiger partial charge in [0, 0.05) is 43.7 Å². The van der Waals surface area contributed by atoms with Crippen LogP contribution in [0.15, 0.2) is 24.3 Å². The first kappa shape index (κ1) is 14.2. The van der Waals surface area contributed by atoms with Crippen molar-refractivity contribution >= 4 is 5.78 Å². The third-order valence-electron chi connectivity index (χ3n) is 3.76. The molecule has 3 nitrogen and oxygen atoms in total. The SMILES string of the molecule is Cc1ccc(C(=O)C(C)(C)CN2CCNCC2)cc1. The third-order valence-corrected chi connectivity index (χ3v) is 3.76. The minimum Gasteiger partial charge on any atom is -0.314 e. The summed E-state index contributed by atoms with van der Waals surface area (Å²) < 4.78 is 0. The van der Waals surface area contributed by atoms with Crippen LogP contribution in [0.1, 0.15) is 29.8 Å². The zero-order valence-electron chi connectivity index (χ0n) is 12.2. The van der Waals surface area contributed by atoms with E-state index in [0.717, 1.165) is 38.3 Å². The van der Waals surface area contributed by atoms with Gasteiger partial charge in [-0.3, -0.25) is 9.69 Å². The molecule has 0 amide bonds. The number of hydrogen-bond donors (Lipinski definition) is 1. The lowest BCUT2D eigenvalue weighted by molar-refractivity contribution is 0.0752. The van der Waals surface area contributed by atoms with E-state index in [1.165, 1.54) is 5.56 Å². The topological polar surface area (TPSA) is 32.3 Å². The molecule has 1 N–H and O–H groups in total. The Balaban J connectivity index is 2.05. The maximum absolute atomic E-state index is 12.6. The number of piperazine rings is 1. The van der Waals surface area contributed by atoms with Crippen LogP contribution in [0.25, 0.3) is 0 Å². The quantitative estimate of drug-likeness (QED) is 0.842. The van der Waals surface area contributed by atoms with Gasteiger partial charge in [0.15, 0.2) is 5.78 Å². The fourth-order valence-electron chi connectivity index (χ4n) is 2.60. The summed E-state index contributed by atoms with van der Waals surface area (Å²) in [5.41, 5.74) is 1.69. The second-order valence-electron chi connectivity index (χ2n) is 6.11. The Labute approximate surface area is 116 Å². The van der Waals surface area contributed by atoms with Gasteiger partial charge in [-0.05, 0) is 6.92 Å². The summed E-state index contributed by atoms with van der Waals surface area (Å²) in [4.78, 5) is 15.0. The average molecular weight is 260 g/mol. The van der Waals surface area contributed by atoms with Crippen LogP contribution >= 0.6 is 0 Å². The van der Waals surface area contributed by atoms with E-state index in [4.69, 9.17) is 0 Å². The van der Waals surface area contributed by atoms with Crippen molar-refractivity contribution in [1.82, 2.24) is 10.2 Å². The molecule has 1 saturated heterocycles. The Kier molecular flexibility index (Phi) is 4.38. The second-order valence-corrected chi connectivity index (χ2v) is 6.11. The molecule has 0 aromatic heterocycles. The minimum absolute atomic E-state index is 0.242. The highest BCUT2D eigenvalue weighted by molar-refractivity contribution is 6.00. The molecule has 19 heavy (non-hydrogen) atoms. The van der Waals surface area contributed by atoms with Gasteiger partial charge < -0.3 is 5.32 Å². The fraction of sp³-hybridized carbons (Fsp3) is 0.562. The smallest absolute Gasteiger partial charge is 0.169 e. The van der Waals surface area contributed by atoms with E-state index in [1.807, 2.05) is 31.2 Å². The largest absolute Gasteiger partial charge is 0.314 e. The minimum atomic E-state index is -0.327. The third kappa shape index (κ3) is 3.64. The number of Topliss-reactive ketones (excluding diaryl/α,β-unsaturated/α-hetero) is 1. The normalized spacial score (nSPS) is 17.4. The van der Waals surface area contributed by atoms with Crippen LogP contribution in [0.3, 0.4) is 0 Å². The van der Waals surface area contributed by atoms with Gasteiger partial charge in [-0.15, -0.1) is 0 Å². The Bertz CT molecular complexity index is 431. The molecule has 1 heterocycles. The van der Waals surface area contributed by atoms with Crippen molar-refractivity contribution in [3.8, 4) is 0 Å². The number of aryl methyl sites for hydroxylation is 1. The molecule has 1 fully saturated rings. The standard InChI is InChI=1S/C16H24N2O/c1-13-4-6-14(7-5-13)15(19)16(2,3)12-18-10-8-17-9-11-18/h4-7,17H,8-12H2,1-3H3. The highest BCUT2D eigenvalue weighted by atomic mass is 16.1. The molecular weight excluding hydrogens is 236 g/mol. The lowest BCUT2D eigenvalue weighted by atomic mass is 9.83. The summed E-state index contributed by atoms with van der Waals surface area (Å²) in [6.45, 7) is 11.1. The molecule has 1 aliphatic heterocycles. The highest BCUT2D eigenvalue weighted by Crippen LogP contribution is 2.23. The Morgan fingerprint density at radius 3 is 2.37 bits per heavy atom. The number of hydrogen-bond acceptors (Lipinski definition) is 3. The van der Waals surface area contributed by atoms with Crippen LogP contribution in [0.4, 0.5) is 0 Å². The molecule has 2 rings (SSSR count). The monoisotopic (exact) mass is 260 g/mol. The van der Waals surface area contributed by atoms with Crippen LogP contribution in [0, 0.1) is 12.3 Å². The molecule has 0 unspecified atom stereocenters. The van der Waals surface area contributed by atoms with E-state index < -0.39 is 0 Å². The van der Waals surface area contributed by atoms with Gasteiger partial charge in [0.2, 0.25) is 0 Å². The molecule has 104 valence electrons. The van der Waals surface area contributed by atoms with Gasteiger partial charge in [-0.25, -0.2) is 0 Å². The Morgan fingerprint density at radius 2 is 1.79 bits per heavy atom. The summed E-state index contributed by atoms with van der Waals surface area (Å²) in [6, 6.07) is 7.90. The van der Waals surface area contributed by atoms with Gasteiger partial charge >= 0.3 is 0 Å². The average Bonchev–Trinajstić information content (AvgIpc) is 2.39. The first-order valence-electron chi connectivity index (χ1n) is 7.03. The van der Waals surface area contributed by atoms with Crippen molar-refractivity contribution in [3.05, 3.63) is 35.4 Å². The number of carbonyl (C=O) groups is 1. The van der Waals surface area contributed by atoms with Crippen molar-refractivity contribution in [3.63, 3.8) is 0 Å². The molecule has 0 radical (unpaired) electrons. The molecule has 0 bridgehead atoms. The lowest BCUT2D eigenvalue weighted by Crippen LogP contribution is -2.48. The summed E-state index contributed by atoms with van der Waals surface area (Å²) in [6.07, 6.45) is 0. The summed E-state index contributed by atoms with van der Waals surface area (Å²) in [7, 11) is 0. The van der Waals surface area contributed by atoms with Crippen LogP contribution in [0.2, 0.25) is 0 Å². The van der Waals surface area contributed by atoms with Crippen LogP contribution < -0.4 is 5.32 Å². The van der Waals surface area contributed by atoms with E-state index in [-0.39, 0.29) is 11.2 Å². The van der Waals surface area contributed by atoms with E-state index >= 15 is 0 Å². The van der Waals surface area contributed by atoms with Crippen molar-refractivity contribution in [2.75, 3.05) is 32.7 Å². The van der Waals surface area contributed by atoms with Crippen LogP contribution in [-0.4, -0.2) is 43.4 Å². The number of nitrogens with one attached hydrogen (secondary N) is 1. The number of benzene rings is 1. The zero-order valence-corrected chi connectivity index (χ0v) is 12.2. The first-order valence-corrected chi connectivity index (χ1v) is 7.03. The number of nitrogens with zero attached hydrogens (tertiary/aromatic N) is 1. The van der Waals surface area contributed by atoms with Crippen molar-refractivity contribution < 1.29 is 4.79 Å². The fourth-order valence-corrected chi connectivity index (χ4v) is 2.60. The summed E-state index contributed by atoms with van der Waals surface area (Å²) in [5, 5.41) is 3.34. The predicted octanol–water partition coefficient (Wildman–Crippen LogP) is 2.11. The molecule has 0 aliphatic carbocycles. The van der Waals surface area contributed by atoms with Crippen molar-refractivity contribution in [2.45, 2.75) is 20.8 Å². The van der Waals surface area contributed by atoms with Crippen LogP contribution in [-0.2, 0) is 0 Å². The van der Waals surface area contributed by atoms with E-state index in [0.29, 0.717) is 0 Å². The van der Waals surface area contributed by atoms with Crippen molar-refractivity contribution in [2.24, 2.45) is 5.41 Å². The van der Waals surface area contributed by atoms with E-state index in [1.54, 1.807) is 0 Å². The van der Waals surface area contributed by atoms with Crippen molar-refractivity contribution in [1.29, 1.82) is 0 Å². The molecule has 1 aromatic carbocycles. The van der Waals surface area contributed by atoms with Crippen LogP contribution in [0.5, 0.6) is 0 Å². The summed E-state index contributed by atoms with van der Waals surface area (Å²) in [5.74, 6) is 0.242. The molecule has 1 aliphatic rings. The lowest BCUT2D eigenvalue weighted by Gasteiger charge is -2.34. The molecule has 1 aromatic rings. The number of rotatable bonds is 4. The molecule has 0 spiro atoms. The van der Waals surface area contributed by atoms with E-state index in [9.17, 15) is 4.79 Å².